The second-order valence-corrected chi connectivity index (χ2v) is 6.78. The molecule has 33 heavy (non-hydrogen) atoms. The van der Waals surface area contributed by atoms with E-state index >= 15 is 0 Å². The van der Waals surface area contributed by atoms with Crippen LogP contribution in [0.15, 0.2) is 40.1 Å². The Balaban J connectivity index is 1.87. The zero-order valence-electron chi connectivity index (χ0n) is 17.5. The van der Waals surface area contributed by atoms with E-state index in [1.165, 1.54) is 0 Å². The molecular formula is C19H25N7O7. The number of benzene rings is 1. The average molecular weight is 463 g/mol. The number of rotatable bonds is 11. The number of H-pyrrole nitrogens is 1. The van der Waals surface area contributed by atoms with Crippen molar-refractivity contribution in [3.8, 4) is 5.88 Å². The fourth-order valence-electron chi connectivity index (χ4n) is 2.65. The first-order valence-corrected chi connectivity index (χ1v) is 9.70. The number of carbonyl (C=O) groups excluding carboxylic acids is 2. The molecule has 0 radical (unpaired) electrons. The summed E-state index contributed by atoms with van der Waals surface area (Å²) in [5.74, 6) is -2.80. The monoisotopic (exact) mass is 463 g/mol. The molecule has 1 aromatic carbocycles. The SMILES string of the molecule is NC(N)=NCCc1[nH]c(=O)n(CC(=O)NCC(NC(=O)OCc2ccccc2)C(=O)O)c1O. The Hall–Kier alpha value is -4.49. The van der Waals surface area contributed by atoms with Crippen LogP contribution in [0.1, 0.15) is 11.3 Å². The summed E-state index contributed by atoms with van der Waals surface area (Å²) in [5, 5.41) is 23.8. The highest BCUT2D eigenvalue weighted by Gasteiger charge is 2.22. The number of ether oxygens (including phenoxy) is 1. The van der Waals surface area contributed by atoms with Gasteiger partial charge in [0, 0.05) is 19.5 Å². The summed E-state index contributed by atoms with van der Waals surface area (Å²) in [4.78, 5) is 53.5. The Kier molecular flexibility index (Phi) is 8.85. The minimum atomic E-state index is -1.48. The Labute approximate surface area is 187 Å². The van der Waals surface area contributed by atoms with E-state index in [1.807, 2.05) is 0 Å². The number of imidazole rings is 1. The molecule has 14 nitrogen and oxygen atoms in total. The van der Waals surface area contributed by atoms with Crippen LogP contribution in [0.5, 0.6) is 5.88 Å². The van der Waals surface area contributed by atoms with Crippen molar-refractivity contribution in [1.82, 2.24) is 20.2 Å². The Morgan fingerprint density at radius 3 is 2.55 bits per heavy atom. The van der Waals surface area contributed by atoms with E-state index < -0.39 is 48.7 Å². The molecule has 0 saturated carbocycles. The molecule has 2 amide bonds. The van der Waals surface area contributed by atoms with Crippen LogP contribution < -0.4 is 27.8 Å². The zero-order valence-corrected chi connectivity index (χ0v) is 17.5. The van der Waals surface area contributed by atoms with E-state index in [0.29, 0.717) is 5.56 Å². The number of nitrogens with two attached hydrogens (primary N) is 2. The van der Waals surface area contributed by atoms with E-state index in [2.05, 4.69) is 20.6 Å². The van der Waals surface area contributed by atoms with Crippen molar-refractivity contribution < 1.29 is 29.3 Å². The molecule has 9 N–H and O–H groups in total. The molecule has 14 heteroatoms. The third-order valence-corrected chi connectivity index (χ3v) is 4.29. The van der Waals surface area contributed by atoms with Crippen molar-refractivity contribution in [3.05, 3.63) is 52.1 Å². The number of hydrogen-bond acceptors (Lipinski definition) is 7. The lowest BCUT2D eigenvalue weighted by molar-refractivity contribution is -0.139. The summed E-state index contributed by atoms with van der Waals surface area (Å²) < 4.78 is 5.72. The number of carboxylic acid groups (broad SMARTS) is 1. The second kappa shape index (κ2) is 11.8. The maximum Gasteiger partial charge on any atom is 0.408 e. The van der Waals surface area contributed by atoms with Gasteiger partial charge >= 0.3 is 17.8 Å². The second-order valence-electron chi connectivity index (χ2n) is 6.78. The fraction of sp³-hybridized carbons (Fsp3) is 0.316. The van der Waals surface area contributed by atoms with Gasteiger partial charge in [-0.15, -0.1) is 0 Å². The number of aliphatic carboxylic acids is 1. The third-order valence-electron chi connectivity index (χ3n) is 4.29. The molecule has 0 spiro atoms. The highest BCUT2D eigenvalue weighted by molar-refractivity contribution is 5.82. The predicted molar refractivity (Wildman–Crippen MR) is 115 cm³/mol. The predicted octanol–water partition coefficient (Wildman–Crippen LogP) is -1.81. The quantitative estimate of drug-likeness (QED) is 0.147. The summed E-state index contributed by atoms with van der Waals surface area (Å²) in [7, 11) is 0. The van der Waals surface area contributed by atoms with Crippen molar-refractivity contribution >= 4 is 23.9 Å². The van der Waals surface area contributed by atoms with E-state index in [-0.39, 0.29) is 31.2 Å². The first kappa shape index (κ1) is 24.8. The van der Waals surface area contributed by atoms with Gasteiger partial charge in [0.1, 0.15) is 19.2 Å². The van der Waals surface area contributed by atoms with Crippen molar-refractivity contribution in [2.45, 2.75) is 25.6 Å². The number of alkyl carbamates (subject to hydrolysis) is 1. The summed E-state index contributed by atoms with van der Waals surface area (Å²) in [6.07, 6.45) is -0.866. The number of aromatic amines is 1. The van der Waals surface area contributed by atoms with Crippen molar-refractivity contribution in [1.29, 1.82) is 0 Å². The highest BCUT2D eigenvalue weighted by atomic mass is 16.5. The van der Waals surface area contributed by atoms with Gasteiger partial charge < -0.3 is 42.0 Å². The summed E-state index contributed by atoms with van der Waals surface area (Å²) >= 11 is 0. The normalized spacial score (nSPS) is 11.3. The average Bonchev–Trinajstić information content (AvgIpc) is 3.03. The Bertz CT molecular complexity index is 1060. The molecule has 1 atom stereocenters. The topological polar surface area (TPSA) is 227 Å². The van der Waals surface area contributed by atoms with Gasteiger partial charge in [0.25, 0.3) is 0 Å². The number of hydrogen-bond donors (Lipinski definition) is 7. The molecule has 1 unspecified atom stereocenters. The standard InChI is InChI=1S/C19H25N7O7/c20-17(21)22-7-6-12-15(28)26(18(31)24-12)9-14(27)23-8-13(16(29)30)25-19(32)33-10-11-4-2-1-3-5-11/h1-5,13,28H,6-10H2,(H,23,27)(H,24,31)(H,25,32)(H,29,30)(H4,20,21,22). The van der Waals surface area contributed by atoms with Crippen LogP contribution in [0.25, 0.3) is 0 Å². The van der Waals surface area contributed by atoms with Gasteiger partial charge in [0.2, 0.25) is 11.8 Å². The highest BCUT2D eigenvalue weighted by Crippen LogP contribution is 2.13. The smallest absolute Gasteiger partial charge is 0.408 e. The lowest BCUT2D eigenvalue weighted by atomic mass is 10.2. The fourth-order valence-corrected chi connectivity index (χ4v) is 2.65. The molecular weight excluding hydrogens is 438 g/mol. The lowest BCUT2D eigenvalue weighted by Crippen LogP contribution is -2.49. The molecule has 0 fully saturated rings. The van der Waals surface area contributed by atoms with Crippen LogP contribution in [-0.2, 0) is 33.9 Å². The number of aromatic hydroxyl groups is 1. The number of nitrogens with one attached hydrogen (secondary N) is 3. The van der Waals surface area contributed by atoms with Crippen molar-refractivity contribution in [3.63, 3.8) is 0 Å². The number of aliphatic imine (C=N–C) groups is 1. The van der Waals surface area contributed by atoms with Gasteiger partial charge in [-0.1, -0.05) is 30.3 Å². The molecule has 0 aliphatic rings. The first-order chi connectivity index (χ1) is 15.7. The number of carboxylic acids is 1. The molecule has 1 heterocycles. The van der Waals surface area contributed by atoms with E-state index in [1.54, 1.807) is 30.3 Å². The summed E-state index contributed by atoms with van der Waals surface area (Å²) in [6, 6.07) is 7.28. The molecule has 1 aromatic heterocycles. The lowest BCUT2D eigenvalue weighted by Gasteiger charge is -2.15. The van der Waals surface area contributed by atoms with Crippen LogP contribution in [0.2, 0.25) is 0 Å². The molecule has 0 bridgehead atoms. The largest absolute Gasteiger partial charge is 0.493 e. The van der Waals surface area contributed by atoms with Gasteiger partial charge in [-0.3, -0.25) is 14.4 Å². The van der Waals surface area contributed by atoms with Crippen LogP contribution in [0.4, 0.5) is 4.79 Å². The van der Waals surface area contributed by atoms with Gasteiger partial charge in [0.15, 0.2) is 5.96 Å². The van der Waals surface area contributed by atoms with Crippen LogP contribution >= 0.6 is 0 Å². The van der Waals surface area contributed by atoms with Gasteiger partial charge in [0.05, 0.1) is 5.69 Å². The maximum absolute atomic E-state index is 12.2. The number of aromatic nitrogens is 2. The number of carbonyl (C=O) groups is 3. The Morgan fingerprint density at radius 2 is 1.91 bits per heavy atom. The van der Waals surface area contributed by atoms with E-state index in [9.17, 15) is 29.4 Å². The van der Waals surface area contributed by atoms with Gasteiger partial charge in [-0.2, -0.15) is 0 Å². The van der Waals surface area contributed by atoms with Crippen LogP contribution in [0.3, 0.4) is 0 Å². The minimum Gasteiger partial charge on any atom is -0.493 e. The van der Waals surface area contributed by atoms with Crippen molar-refractivity contribution in [2.75, 3.05) is 13.1 Å². The third kappa shape index (κ3) is 7.93. The molecule has 0 saturated heterocycles. The molecule has 0 aliphatic carbocycles. The maximum atomic E-state index is 12.2. The molecule has 2 rings (SSSR count). The first-order valence-electron chi connectivity index (χ1n) is 9.70. The summed E-state index contributed by atoms with van der Waals surface area (Å²) in [5.41, 5.74) is 10.5. The van der Waals surface area contributed by atoms with Crippen molar-refractivity contribution in [2.24, 2.45) is 16.5 Å². The molecule has 178 valence electrons. The van der Waals surface area contributed by atoms with Gasteiger partial charge in [-0.25, -0.2) is 14.4 Å². The van der Waals surface area contributed by atoms with E-state index in [4.69, 9.17) is 16.2 Å². The van der Waals surface area contributed by atoms with Crippen LogP contribution in [0, 0.1) is 0 Å². The minimum absolute atomic E-state index is 0.0629. The number of amides is 2. The molecule has 0 aliphatic heterocycles. The number of nitrogens with zero attached hydrogens (tertiary/aromatic N) is 2. The Morgan fingerprint density at radius 1 is 1.21 bits per heavy atom. The zero-order chi connectivity index (χ0) is 24.4. The summed E-state index contributed by atoms with van der Waals surface area (Å²) in [6.45, 7) is -1.03. The van der Waals surface area contributed by atoms with Gasteiger partial charge in [-0.05, 0) is 5.56 Å². The number of guanidine groups is 1. The molecule has 2 aromatic rings. The van der Waals surface area contributed by atoms with E-state index in [0.717, 1.165) is 4.57 Å². The van der Waals surface area contributed by atoms with Crippen LogP contribution in [-0.4, -0.2) is 62.8 Å².